The molecule has 0 unspecified atom stereocenters. The number of hydrogen-bond donors (Lipinski definition) is 1. The third kappa shape index (κ3) is 2.55. The molecule has 6 heteroatoms. The van der Waals surface area contributed by atoms with E-state index in [1.165, 1.54) is 18.0 Å². The first-order valence-electron chi connectivity index (χ1n) is 5.54. The first kappa shape index (κ1) is 12.6. The number of methoxy groups -OCH3 is 1. The van der Waals surface area contributed by atoms with Crippen molar-refractivity contribution in [3.05, 3.63) is 41.6 Å². The van der Waals surface area contributed by atoms with Crippen molar-refractivity contribution in [3.63, 3.8) is 0 Å². The van der Waals surface area contributed by atoms with Crippen molar-refractivity contribution in [2.75, 3.05) is 12.4 Å². The average molecular weight is 256 g/mol. The molecule has 2 rings (SSSR count). The van der Waals surface area contributed by atoms with Crippen LogP contribution in [-0.4, -0.2) is 22.8 Å². The molecule has 6 nitrogen and oxygen atoms in total. The monoisotopic (exact) mass is 256 g/mol. The van der Waals surface area contributed by atoms with Crippen LogP contribution in [0.2, 0.25) is 0 Å². The number of rotatable bonds is 3. The zero-order chi connectivity index (χ0) is 13.8. The van der Waals surface area contributed by atoms with E-state index >= 15 is 0 Å². The van der Waals surface area contributed by atoms with E-state index in [1.807, 2.05) is 6.07 Å². The number of para-hydroxylation sites is 1. The number of hydrogen-bond acceptors (Lipinski definition) is 4. The van der Waals surface area contributed by atoms with Gasteiger partial charge in [0.05, 0.1) is 12.7 Å². The summed E-state index contributed by atoms with van der Waals surface area (Å²) in [5.41, 5.74) is 0.699. The van der Waals surface area contributed by atoms with Gasteiger partial charge in [0.2, 0.25) is 0 Å². The fraction of sp³-hybridized carbons (Fsp3) is 0.154. The molecule has 96 valence electrons. The standard InChI is InChI=1S/C13H12N4O2/c1-17-8-9(7-14)12(16-17)15-13(18)10-5-3-4-6-11(10)19-2/h3-6,8H,1-2H3,(H,15,16,18). The summed E-state index contributed by atoms with van der Waals surface area (Å²) >= 11 is 0. The Bertz CT molecular complexity index is 655. The molecule has 1 aromatic carbocycles. The maximum Gasteiger partial charge on any atom is 0.260 e. The SMILES string of the molecule is COc1ccccc1C(=O)Nc1nn(C)cc1C#N. The Kier molecular flexibility index (Phi) is 3.48. The second kappa shape index (κ2) is 5.23. The van der Waals surface area contributed by atoms with E-state index < -0.39 is 0 Å². The Labute approximate surface area is 110 Å². The lowest BCUT2D eigenvalue weighted by Gasteiger charge is -2.07. The van der Waals surface area contributed by atoms with Crippen LogP contribution in [0.4, 0.5) is 5.82 Å². The number of amides is 1. The molecule has 1 aromatic heterocycles. The van der Waals surface area contributed by atoms with Crippen LogP contribution in [0.1, 0.15) is 15.9 Å². The van der Waals surface area contributed by atoms with Crippen LogP contribution in [0, 0.1) is 11.3 Å². The number of ether oxygens (including phenoxy) is 1. The van der Waals surface area contributed by atoms with Crippen LogP contribution in [0.5, 0.6) is 5.75 Å². The van der Waals surface area contributed by atoms with Crippen molar-refractivity contribution in [3.8, 4) is 11.8 Å². The zero-order valence-corrected chi connectivity index (χ0v) is 10.5. The average Bonchev–Trinajstić information content (AvgIpc) is 2.78. The largest absolute Gasteiger partial charge is 0.496 e. The van der Waals surface area contributed by atoms with Gasteiger partial charge in [-0.15, -0.1) is 0 Å². The second-order valence-corrected chi connectivity index (χ2v) is 3.83. The predicted octanol–water partition coefficient (Wildman–Crippen LogP) is 1.55. The van der Waals surface area contributed by atoms with Gasteiger partial charge in [-0.05, 0) is 12.1 Å². The van der Waals surface area contributed by atoms with Crippen molar-refractivity contribution in [1.29, 1.82) is 5.26 Å². The van der Waals surface area contributed by atoms with Gasteiger partial charge in [0.25, 0.3) is 5.91 Å². The molecular formula is C13H12N4O2. The summed E-state index contributed by atoms with van der Waals surface area (Å²) in [7, 11) is 3.17. The third-order valence-corrected chi connectivity index (χ3v) is 2.53. The highest BCUT2D eigenvalue weighted by Crippen LogP contribution is 2.19. The van der Waals surface area contributed by atoms with Gasteiger partial charge in [-0.3, -0.25) is 9.48 Å². The maximum atomic E-state index is 12.1. The molecule has 0 aliphatic carbocycles. The molecule has 0 fully saturated rings. The minimum absolute atomic E-state index is 0.237. The van der Waals surface area contributed by atoms with Gasteiger partial charge in [-0.25, -0.2) is 0 Å². The molecule has 0 saturated heterocycles. The predicted molar refractivity (Wildman–Crippen MR) is 68.9 cm³/mol. The van der Waals surface area contributed by atoms with E-state index in [1.54, 1.807) is 31.3 Å². The number of nitrogens with one attached hydrogen (secondary N) is 1. The summed E-state index contributed by atoms with van der Waals surface area (Å²) in [4.78, 5) is 12.1. The molecule has 1 heterocycles. The zero-order valence-electron chi connectivity index (χ0n) is 10.5. The minimum atomic E-state index is -0.368. The van der Waals surface area contributed by atoms with Crippen LogP contribution < -0.4 is 10.1 Å². The van der Waals surface area contributed by atoms with E-state index in [2.05, 4.69) is 10.4 Å². The summed E-state index contributed by atoms with van der Waals surface area (Å²) in [6.07, 6.45) is 1.54. The van der Waals surface area contributed by atoms with Gasteiger partial charge in [0.15, 0.2) is 5.82 Å². The summed E-state index contributed by atoms with van der Waals surface area (Å²) in [6, 6.07) is 8.82. The number of anilines is 1. The fourth-order valence-corrected chi connectivity index (χ4v) is 1.67. The van der Waals surface area contributed by atoms with E-state index in [4.69, 9.17) is 10.00 Å². The molecule has 0 aliphatic rings. The number of benzene rings is 1. The number of carbonyl (C=O) groups excluding carboxylic acids is 1. The van der Waals surface area contributed by atoms with Crippen LogP contribution in [0.3, 0.4) is 0 Å². The van der Waals surface area contributed by atoms with Gasteiger partial charge in [-0.1, -0.05) is 12.1 Å². The fourth-order valence-electron chi connectivity index (χ4n) is 1.67. The molecule has 0 spiro atoms. The lowest BCUT2D eigenvalue weighted by molar-refractivity contribution is 0.102. The molecule has 19 heavy (non-hydrogen) atoms. The van der Waals surface area contributed by atoms with Crippen LogP contribution in [0.25, 0.3) is 0 Å². The molecule has 1 N–H and O–H groups in total. The summed E-state index contributed by atoms with van der Waals surface area (Å²) < 4.78 is 6.58. The van der Waals surface area contributed by atoms with Crippen LogP contribution >= 0.6 is 0 Å². The Morgan fingerprint density at radius 2 is 2.21 bits per heavy atom. The normalized spacial score (nSPS) is 9.74. The molecule has 0 saturated carbocycles. The highest BCUT2D eigenvalue weighted by atomic mass is 16.5. The first-order chi connectivity index (χ1) is 9.15. The third-order valence-electron chi connectivity index (χ3n) is 2.53. The van der Waals surface area contributed by atoms with Crippen molar-refractivity contribution in [2.45, 2.75) is 0 Å². The lowest BCUT2D eigenvalue weighted by Crippen LogP contribution is -2.14. The van der Waals surface area contributed by atoms with Gasteiger partial charge in [0.1, 0.15) is 17.4 Å². The molecular weight excluding hydrogens is 244 g/mol. The Morgan fingerprint density at radius 3 is 2.89 bits per heavy atom. The van der Waals surface area contributed by atoms with Gasteiger partial charge < -0.3 is 10.1 Å². The lowest BCUT2D eigenvalue weighted by atomic mass is 10.2. The smallest absolute Gasteiger partial charge is 0.260 e. The Hall–Kier alpha value is -2.81. The van der Waals surface area contributed by atoms with E-state index in [9.17, 15) is 4.79 Å². The van der Waals surface area contributed by atoms with Crippen LogP contribution in [0.15, 0.2) is 30.5 Å². The van der Waals surface area contributed by atoms with Crippen molar-refractivity contribution < 1.29 is 9.53 Å². The van der Waals surface area contributed by atoms with Gasteiger partial charge in [-0.2, -0.15) is 10.4 Å². The van der Waals surface area contributed by atoms with Crippen LogP contribution in [-0.2, 0) is 7.05 Å². The first-order valence-corrected chi connectivity index (χ1v) is 5.54. The Morgan fingerprint density at radius 1 is 1.47 bits per heavy atom. The quantitative estimate of drug-likeness (QED) is 0.903. The molecule has 0 atom stereocenters. The number of carbonyl (C=O) groups is 1. The summed E-state index contributed by atoms with van der Waals surface area (Å²) in [5.74, 6) is 0.336. The van der Waals surface area contributed by atoms with Crippen molar-refractivity contribution in [1.82, 2.24) is 9.78 Å². The van der Waals surface area contributed by atoms with E-state index in [0.717, 1.165) is 0 Å². The topological polar surface area (TPSA) is 79.9 Å². The van der Waals surface area contributed by atoms with E-state index in [0.29, 0.717) is 16.9 Å². The number of aromatic nitrogens is 2. The van der Waals surface area contributed by atoms with Crippen molar-refractivity contribution >= 4 is 11.7 Å². The van der Waals surface area contributed by atoms with Gasteiger partial charge >= 0.3 is 0 Å². The number of nitriles is 1. The highest BCUT2D eigenvalue weighted by molar-refractivity contribution is 6.06. The highest BCUT2D eigenvalue weighted by Gasteiger charge is 2.15. The van der Waals surface area contributed by atoms with Gasteiger partial charge in [0, 0.05) is 13.2 Å². The van der Waals surface area contributed by atoms with E-state index in [-0.39, 0.29) is 11.7 Å². The summed E-state index contributed by atoms with van der Waals surface area (Å²) in [5, 5.41) is 15.6. The molecule has 0 aliphatic heterocycles. The molecule has 2 aromatic rings. The second-order valence-electron chi connectivity index (χ2n) is 3.83. The Balaban J connectivity index is 2.28. The summed E-state index contributed by atoms with van der Waals surface area (Å²) in [6.45, 7) is 0. The minimum Gasteiger partial charge on any atom is -0.496 e. The van der Waals surface area contributed by atoms with Crippen molar-refractivity contribution in [2.24, 2.45) is 7.05 Å². The number of aryl methyl sites for hydroxylation is 1. The molecule has 0 bridgehead atoms. The molecule has 0 radical (unpaired) electrons. The maximum absolute atomic E-state index is 12.1. The molecule has 1 amide bonds. The number of nitrogens with zero attached hydrogens (tertiary/aromatic N) is 3.